The first-order valence-electron chi connectivity index (χ1n) is 8.24. The Bertz CT molecular complexity index is 650. The van der Waals surface area contributed by atoms with Crippen molar-refractivity contribution in [3.8, 4) is 5.75 Å². The van der Waals surface area contributed by atoms with Gasteiger partial charge in [0.1, 0.15) is 5.75 Å². The molecule has 1 heterocycles. The molecule has 1 aromatic rings. The Morgan fingerprint density at radius 2 is 1.88 bits per heavy atom. The number of amides is 1. The zero-order valence-electron chi connectivity index (χ0n) is 14.5. The fourth-order valence-corrected chi connectivity index (χ4v) is 3.87. The summed E-state index contributed by atoms with van der Waals surface area (Å²) >= 11 is 0. The molecular formula is C17H26N2O4S. The van der Waals surface area contributed by atoms with Crippen molar-refractivity contribution in [3.63, 3.8) is 0 Å². The highest BCUT2D eigenvalue weighted by atomic mass is 32.2. The van der Waals surface area contributed by atoms with E-state index in [2.05, 4.69) is 5.32 Å². The number of benzene rings is 1. The van der Waals surface area contributed by atoms with E-state index in [4.69, 9.17) is 4.74 Å². The molecule has 0 aromatic heterocycles. The third-order valence-electron chi connectivity index (χ3n) is 4.54. The first-order chi connectivity index (χ1) is 11.3. The van der Waals surface area contributed by atoms with Crippen LogP contribution >= 0.6 is 0 Å². The largest absolute Gasteiger partial charge is 0.497 e. The van der Waals surface area contributed by atoms with E-state index >= 15 is 0 Å². The molecule has 1 aliphatic rings. The number of nitrogens with one attached hydrogen (secondary N) is 1. The highest BCUT2D eigenvalue weighted by molar-refractivity contribution is 7.88. The Morgan fingerprint density at radius 1 is 1.29 bits per heavy atom. The van der Waals surface area contributed by atoms with Gasteiger partial charge in [0.15, 0.2) is 0 Å². The highest BCUT2D eigenvalue weighted by Gasteiger charge is 2.29. The van der Waals surface area contributed by atoms with Gasteiger partial charge in [-0.15, -0.1) is 0 Å². The Balaban J connectivity index is 1.95. The molecule has 1 saturated heterocycles. The summed E-state index contributed by atoms with van der Waals surface area (Å²) in [7, 11) is -1.54. The Morgan fingerprint density at radius 3 is 2.33 bits per heavy atom. The van der Waals surface area contributed by atoms with E-state index in [9.17, 15) is 13.2 Å². The molecule has 24 heavy (non-hydrogen) atoms. The van der Waals surface area contributed by atoms with Gasteiger partial charge in [-0.05, 0) is 37.0 Å². The molecule has 0 saturated carbocycles. The molecule has 134 valence electrons. The highest BCUT2D eigenvalue weighted by Crippen LogP contribution is 2.23. The van der Waals surface area contributed by atoms with Crippen LogP contribution in [0.1, 0.15) is 37.8 Å². The van der Waals surface area contributed by atoms with Gasteiger partial charge >= 0.3 is 0 Å². The molecule has 1 amide bonds. The van der Waals surface area contributed by atoms with Crippen LogP contribution in [0.2, 0.25) is 0 Å². The van der Waals surface area contributed by atoms with E-state index in [-0.39, 0.29) is 17.9 Å². The van der Waals surface area contributed by atoms with Gasteiger partial charge in [0, 0.05) is 19.0 Å². The minimum atomic E-state index is -3.16. The van der Waals surface area contributed by atoms with Crippen LogP contribution in [0, 0.1) is 5.92 Å². The summed E-state index contributed by atoms with van der Waals surface area (Å²) in [5, 5.41) is 3.10. The number of piperidine rings is 1. The molecule has 1 atom stereocenters. The van der Waals surface area contributed by atoms with Gasteiger partial charge in [-0.2, -0.15) is 0 Å². The van der Waals surface area contributed by atoms with Gasteiger partial charge in [-0.3, -0.25) is 4.79 Å². The maximum Gasteiger partial charge on any atom is 0.223 e. The zero-order valence-corrected chi connectivity index (χ0v) is 15.3. The van der Waals surface area contributed by atoms with Gasteiger partial charge in [-0.1, -0.05) is 19.1 Å². The Kier molecular flexibility index (Phi) is 6.23. The van der Waals surface area contributed by atoms with Crippen LogP contribution < -0.4 is 10.1 Å². The minimum Gasteiger partial charge on any atom is -0.497 e. The minimum absolute atomic E-state index is 0.00539. The van der Waals surface area contributed by atoms with Gasteiger partial charge in [-0.25, -0.2) is 12.7 Å². The molecule has 1 N–H and O–H groups in total. The molecule has 1 aliphatic heterocycles. The first-order valence-corrected chi connectivity index (χ1v) is 10.1. The summed E-state index contributed by atoms with van der Waals surface area (Å²) in [6, 6.07) is 7.64. The number of nitrogens with zero attached hydrogens (tertiary/aromatic N) is 1. The third kappa shape index (κ3) is 4.70. The second kappa shape index (κ2) is 7.98. The number of rotatable bonds is 6. The molecule has 7 heteroatoms. The van der Waals surface area contributed by atoms with Crippen molar-refractivity contribution in [3.05, 3.63) is 29.8 Å². The summed E-state index contributed by atoms with van der Waals surface area (Å²) in [5.41, 5.74) is 1.04. The number of hydrogen-bond donors (Lipinski definition) is 1. The van der Waals surface area contributed by atoms with Gasteiger partial charge < -0.3 is 10.1 Å². The van der Waals surface area contributed by atoms with E-state index in [1.54, 1.807) is 7.11 Å². The molecule has 1 unspecified atom stereocenters. The topological polar surface area (TPSA) is 75.7 Å². The van der Waals surface area contributed by atoms with Crippen molar-refractivity contribution in [2.75, 3.05) is 26.5 Å². The monoisotopic (exact) mass is 354 g/mol. The number of sulfonamides is 1. The third-order valence-corrected chi connectivity index (χ3v) is 5.84. The number of carbonyl (C=O) groups excluding carboxylic acids is 1. The van der Waals surface area contributed by atoms with Crippen molar-refractivity contribution >= 4 is 15.9 Å². The summed E-state index contributed by atoms with van der Waals surface area (Å²) in [5.74, 6) is 0.661. The number of hydrogen-bond acceptors (Lipinski definition) is 4. The van der Waals surface area contributed by atoms with Crippen molar-refractivity contribution in [2.24, 2.45) is 5.92 Å². The van der Waals surface area contributed by atoms with Crippen LogP contribution in [0.5, 0.6) is 5.75 Å². The fraction of sp³-hybridized carbons (Fsp3) is 0.588. The van der Waals surface area contributed by atoms with Crippen LogP contribution in [-0.2, 0) is 14.8 Å². The molecule has 0 bridgehead atoms. The molecule has 0 spiro atoms. The van der Waals surface area contributed by atoms with Crippen molar-refractivity contribution < 1.29 is 17.9 Å². The fourth-order valence-electron chi connectivity index (χ4n) is 3.00. The number of carbonyl (C=O) groups is 1. The second-order valence-electron chi connectivity index (χ2n) is 6.18. The predicted octanol–water partition coefficient (Wildman–Crippen LogP) is 1.93. The molecule has 6 nitrogen and oxygen atoms in total. The summed E-state index contributed by atoms with van der Waals surface area (Å²) in [6.45, 7) is 2.86. The quantitative estimate of drug-likeness (QED) is 0.847. The SMILES string of the molecule is CCC(NC(=O)C1CCN(S(C)(=O)=O)CC1)c1ccc(OC)cc1. The molecule has 0 radical (unpaired) electrons. The standard InChI is InChI=1S/C17H26N2O4S/c1-4-16(13-5-7-15(23-2)8-6-13)18-17(20)14-9-11-19(12-10-14)24(3,21)22/h5-8,14,16H,4,9-12H2,1-3H3,(H,18,20). The average Bonchev–Trinajstić information content (AvgIpc) is 2.59. The smallest absolute Gasteiger partial charge is 0.223 e. The van der Waals surface area contributed by atoms with Crippen LogP contribution in [-0.4, -0.2) is 45.1 Å². The van der Waals surface area contributed by atoms with Gasteiger partial charge in [0.05, 0.1) is 19.4 Å². The first kappa shape index (κ1) is 18.7. The Hall–Kier alpha value is -1.60. The van der Waals surface area contributed by atoms with Gasteiger partial charge in [0.25, 0.3) is 0 Å². The van der Waals surface area contributed by atoms with E-state index in [0.717, 1.165) is 17.7 Å². The van der Waals surface area contributed by atoms with Crippen LogP contribution in [0.3, 0.4) is 0 Å². The maximum atomic E-state index is 12.5. The number of ether oxygens (including phenoxy) is 1. The summed E-state index contributed by atoms with van der Waals surface area (Å²) < 4.78 is 29.7. The van der Waals surface area contributed by atoms with Crippen molar-refractivity contribution in [1.82, 2.24) is 9.62 Å². The van der Waals surface area contributed by atoms with E-state index in [0.29, 0.717) is 25.9 Å². The molecular weight excluding hydrogens is 328 g/mol. The normalized spacial score (nSPS) is 18.1. The van der Waals surface area contributed by atoms with E-state index in [1.165, 1.54) is 10.6 Å². The van der Waals surface area contributed by atoms with Gasteiger partial charge in [0.2, 0.25) is 15.9 Å². The molecule has 1 fully saturated rings. The lowest BCUT2D eigenvalue weighted by molar-refractivity contribution is -0.126. The van der Waals surface area contributed by atoms with E-state index in [1.807, 2.05) is 31.2 Å². The van der Waals surface area contributed by atoms with Crippen molar-refractivity contribution in [1.29, 1.82) is 0 Å². The second-order valence-corrected chi connectivity index (χ2v) is 8.16. The van der Waals surface area contributed by atoms with Crippen LogP contribution in [0.25, 0.3) is 0 Å². The average molecular weight is 354 g/mol. The lowest BCUT2D eigenvalue weighted by Crippen LogP contribution is -2.43. The Labute approximate surface area is 144 Å². The maximum absolute atomic E-state index is 12.5. The molecule has 1 aromatic carbocycles. The zero-order chi connectivity index (χ0) is 17.7. The number of methoxy groups -OCH3 is 1. The molecule has 0 aliphatic carbocycles. The molecule has 2 rings (SSSR count). The summed E-state index contributed by atoms with van der Waals surface area (Å²) in [4.78, 5) is 12.5. The summed E-state index contributed by atoms with van der Waals surface area (Å²) in [6.07, 6.45) is 3.14. The lowest BCUT2D eigenvalue weighted by atomic mass is 9.95. The predicted molar refractivity (Wildman–Crippen MR) is 93.3 cm³/mol. The van der Waals surface area contributed by atoms with Crippen LogP contribution in [0.4, 0.5) is 0 Å². The van der Waals surface area contributed by atoms with Crippen LogP contribution in [0.15, 0.2) is 24.3 Å². The van der Waals surface area contributed by atoms with Crippen molar-refractivity contribution in [2.45, 2.75) is 32.2 Å². The lowest BCUT2D eigenvalue weighted by Gasteiger charge is -2.30. The van der Waals surface area contributed by atoms with E-state index < -0.39 is 10.0 Å².